The molecular weight excluding hydrogens is 304 g/mol. The second-order valence-corrected chi connectivity index (χ2v) is 5.00. The molecule has 120 valence electrons. The van der Waals surface area contributed by atoms with Crippen molar-refractivity contribution in [2.45, 2.75) is 13.0 Å². The SMILES string of the molecule is C[C@H](OC(=O)/C=C\c1ccccc1)C(=O)Nc1cccc(C#N)c1. The molecule has 0 aliphatic rings. The van der Waals surface area contributed by atoms with Crippen LogP contribution in [-0.2, 0) is 14.3 Å². The van der Waals surface area contributed by atoms with E-state index >= 15 is 0 Å². The fraction of sp³-hybridized carbons (Fsp3) is 0.105. The molecule has 0 aliphatic carbocycles. The lowest BCUT2D eigenvalue weighted by molar-refractivity contribution is -0.148. The lowest BCUT2D eigenvalue weighted by Gasteiger charge is -2.12. The predicted molar refractivity (Wildman–Crippen MR) is 90.8 cm³/mol. The number of nitrogens with zero attached hydrogens (tertiary/aromatic N) is 1. The fourth-order valence-electron chi connectivity index (χ4n) is 1.91. The minimum absolute atomic E-state index is 0.434. The van der Waals surface area contributed by atoms with Gasteiger partial charge in [-0.2, -0.15) is 5.26 Å². The van der Waals surface area contributed by atoms with Gasteiger partial charge in [-0.05, 0) is 36.8 Å². The van der Waals surface area contributed by atoms with E-state index in [-0.39, 0.29) is 0 Å². The van der Waals surface area contributed by atoms with E-state index in [9.17, 15) is 9.59 Å². The normalized spacial score (nSPS) is 11.5. The van der Waals surface area contributed by atoms with Crippen LogP contribution < -0.4 is 5.32 Å². The van der Waals surface area contributed by atoms with E-state index in [1.54, 1.807) is 30.3 Å². The highest BCUT2D eigenvalue weighted by Crippen LogP contribution is 2.11. The third-order valence-corrected chi connectivity index (χ3v) is 3.13. The van der Waals surface area contributed by atoms with Crippen LogP contribution in [-0.4, -0.2) is 18.0 Å². The number of amides is 1. The van der Waals surface area contributed by atoms with Crippen LogP contribution in [0.4, 0.5) is 5.69 Å². The lowest BCUT2D eigenvalue weighted by atomic mass is 10.2. The molecule has 2 rings (SSSR count). The number of hydrogen-bond donors (Lipinski definition) is 1. The van der Waals surface area contributed by atoms with E-state index < -0.39 is 18.0 Å². The summed E-state index contributed by atoms with van der Waals surface area (Å²) in [5.74, 6) is -1.07. The van der Waals surface area contributed by atoms with Crippen LogP contribution in [0.1, 0.15) is 18.1 Å². The van der Waals surface area contributed by atoms with Crippen LogP contribution in [0.3, 0.4) is 0 Å². The summed E-state index contributed by atoms with van der Waals surface area (Å²) in [6, 6.07) is 17.8. The molecular formula is C19H16N2O3. The summed E-state index contributed by atoms with van der Waals surface area (Å²) in [6.07, 6.45) is 1.93. The number of carbonyl (C=O) groups is 2. The zero-order valence-corrected chi connectivity index (χ0v) is 13.1. The van der Waals surface area contributed by atoms with Crippen molar-refractivity contribution in [2.75, 3.05) is 5.32 Å². The Labute approximate surface area is 140 Å². The van der Waals surface area contributed by atoms with Gasteiger partial charge in [-0.15, -0.1) is 0 Å². The first-order valence-electron chi connectivity index (χ1n) is 7.33. The maximum Gasteiger partial charge on any atom is 0.331 e. The molecule has 0 aromatic heterocycles. The van der Waals surface area contributed by atoms with Gasteiger partial charge in [0, 0.05) is 11.8 Å². The Hall–Kier alpha value is -3.39. The quantitative estimate of drug-likeness (QED) is 0.678. The molecule has 0 saturated carbocycles. The summed E-state index contributed by atoms with van der Waals surface area (Å²) < 4.78 is 5.06. The number of hydrogen-bond acceptors (Lipinski definition) is 4. The molecule has 0 heterocycles. The van der Waals surface area contributed by atoms with Gasteiger partial charge >= 0.3 is 5.97 Å². The van der Waals surface area contributed by atoms with Crippen LogP contribution in [0.2, 0.25) is 0 Å². The van der Waals surface area contributed by atoms with Gasteiger partial charge in [0.05, 0.1) is 11.6 Å². The average Bonchev–Trinajstić information content (AvgIpc) is 2.61. The maximum absolute atomic E-state index is 12.0. The Bertz CT molecular complexity index is 792. The number of nitriles is 1. The number of rotatable bonds is 5. The first-order valence-corrected chi connectivity index (χ1v) is 7.33. The van der Waals surface area contributed by atoms with Crippen LogP contribution in [0.5, 0.6) is 0 Å². The first-order chi connectivity index (χ1) is 11.6. The molecule has 24 heavy (non-hydrogen) atoms. The number of carbonyl (C=O) groups excluding carboxylic acids is 2. The predicted octanol–water partition coefficient (Wildman–Crippen LogP) is 3.14. The molecule has 0 bridgehead atoms. The topological polar surface area (TPSA) is 79.2 Å². The van der Waals surface area contributed by atoms with E-state index in [0.717, 1.165) is 5.56 Å². The molecule has 5 nitrogen and oxygen atoms in total. The Morgan fingerprint density at radius 1 is 1.17 bits per heavy atom. The summed E-state index contributed by atoms with van der Waals surface area (Å²) in [6.45, 7) is 1.48. The van der Waals surface area contributed by atoms with Gasteiger partial charge in [-0.3, -0.25) is 4.79 Å². The second-order valence-electron chi connectivity index (χ2n) is 5.00. The molecule has 0 fully saturated rings. The first kappa shape index (κ1) is 17.0. The van der Waals surface area contributed by atoms with Crippen LogP contribution in [0.25, 0.3) is 6.08 Å². The molecule has 2 aromatic carbocycles. The van der Waals surface area contributed by atoms with Gasteiger partial charge in [-0.1, -0.05) is 36.4 Å². The summed E-state index contributed by atoms with van der Waals surface area (Å²) in [4.78, 5) is 23.8. The van der Waals surface area contributed by atoms with E-state index in [0.29, 0.717) is 11.3 Å². The molecule has 0 spiro atoms. The smallest absolute Gasteiger partial charge is 0.331 e. The minimum Gasteiger partial charge on any atom is -0.449 e. The van der Waals surface area contributed by atoms with Gasteiger partial charge in [0.25, 0.3) is 5.91 Å². The third-order valence-electron chi connectivity index (χ3n) is 3.13. The molecule has 1 N–H and O–H groups in total. The molecule has 0 aliphatic heterocycles. The number of benzene rings is 2. The zero-order valence-electron chi connectivity index (χ0n) is 13.1. The number of anilines is 1. The molecule has 0 saturated heterocycles. The van der Waals surface area contributed by atoms with Crippen LogP contribution in [0, 0.1) is 11.3 Å². The highest BCUT2D eigenvalue weighted by Gasteiger charge is 2.16. The van der Waals surface area contributed by atoms with Crippen molar-refractivity contribution in [2.24, 2.45) is 0 Å². The van der Waals surface area contributed by atoms with Crippen molar-refractivity contribution >= 4 is 23.6 Å². The van der Waals surface area contributed by atoms with Gasteiger partial charge in [0.1, 0.15) is 0 Å². The fourth-order valence-corrected chi connectivity index (χ4v) is 1.91. The van der Waals surface area contributed by atoms with Crippen molar-refractivity contribution in [1.82, 2.24) is 0 Å². The minimum atomic E-state index is -0.955. The van der Waals surface area contributed by atoms with E-state index in [2.05, 4.69) is 5.32 Å². The van der Waals surface area contributed by atoms with Gasteiger partial charge in [-0.25, -0.2) is 4.79 Å². The van der Waals surface area contributed by atoms with Crippen molar-refractivity contribution in [3.05, 3.63) is 71.8 Å². The summed E-state index contributed by atoms with van der Waals surface area (Å²) in [7, 11) is 0. The molecule has 0 radical (unpaired) electrons. The van der Waals surface area contributed by atoms with E-state index in [4.69, 9.17) is 10.00 Å². The van der Waals surface area contributed by atoms with Crippen LogP contribution in [0.15, 0.2) is 60.7 Å². The molecule has 2 aromatic rings. The highest BCUT2D eigenvalue weighted by atomic mass is 16.5. The van der Waals surface area contributed by atoms with Gasteiger partial charge in [0.15, 0.2) is 6.10 Å². The van der Waals surface area contributed by atoms with E-state index in [1.165, 1.54) is 13.0 Å². The third kappa shape index (κ3) is 5.11. The van der Waals surface area contributed by atoms with Crippen molar-refractivity contribution in [1.29, 1.82) is 5.26 Å². The maximum atomic E-state index is 12.0. The monoisotopic (exact) mass is 320 g/mol. The summed E-state index contributed by atoms with van der Waals surface area (Å²) in [5.41, 5.74) is 1.77. The largest absolute Gasteiger partial charge is 0.449 e. The summed E-state index contributed by atoms with van der Waals surface area (Å²) in [5, 5.41) is 11.4. The molecule has 1 amide bonds. The molecule has 1 atom stereocenters. The van der Waals surface area contributed by atoms with Crippen molar-refractivity contribution in [3.63, 3.8) is 0 Å². The highest BCUT2D eigenvalue weighted by molar-refractivity contribution is 5.96. The zero-order chi connectivity index (χ0) is 17.4. The molecule has 0 unspecified atom stereocenters. The Morgan fingerprint density at radius 3 is 2.62 bits per heavy atom. The Morgan fingerprint density at radius 2 is 1.92 bits per heavy atom. The number of ether oxygens (including phenoxy) is 1. The Balaban J connectivity index is 1.90. The molecule has 5 heteroatoms. The number of esters is 1. The van der Waals surface area contributed by atoms with Crippen LogP contribution >= 0.6 is 0 Å². The van der Waals surface area contributed by atoms with Gasteiger partial charge in [0.2, 0.25) is 0 Å². The standard InChI is InChI=1S/C19H16N2O3/c1-14(19(23)21-17-9-5-8-16(12-17)13-20)24-18(22)11-10-15-6-3-2-4-7-15/h2-12,14H,1H3,(H,21,23)/b11-10-/t14-/m0/s1. The van der Waals surface area contributed by atoms with E-state index in [1.807, 2.05) is 36.4 Å². The Kier molecular flexibility index (Phi) is 5.87. The average molecular weight is 320 g/mol. The number of nitrogens with one attached hydrogen (secondary N) is 1. The second kappa shape index (κ2) is 8.30. The lowest BCUT2D eigenvalue weighted by Crippen LogP contribution is -2.29. The van der Waals surface area contributed by atoms with Gasteiger partial charge < -0.3 is 10.1 Å². The van der Waals surface area contributed by atoms with Crippen molar-refractivity contribution < 1.29 is 14.3 Å². The van der Waals surface area contributed by atoms with Crippen molar-refractivity contribution in [3.8, 4) is 6.07 Å². The summed E-state index contributed by atoms with van der Waals surface area (Å²) >= 11 is 0.